The Morgan fingerprint density at radius 2 is 1.55 bits per heavy atom. The first-order chi connectivity index (χ1) is 13.9. The lowest BCUT2D eigenvalue weighted by Crippen LogP contribution is -2.31. The van der Waals surface area contributed by atoms with Gasteiger partial charge in [-0.15, -0.1) is 0 Å². The number of imide groups is 1. The second kappa shape index (κ2) is 7.43. The van der Waals surface area contributed by atoms with Gasteiger partial charge in [0, 0.05) is 5.69 Å². The zero-order valence-electron chi connectivity index (χ0n) is 16.7. The number of benzene rings is 2. The highest BCUT2D eigenvalue weighted by Gasteiger charge is 2.39. The predicted octanol–water partition coefficient (Wildman–Crippen LogP) is 4.60. The zero-order valence-corrected chi connectivity index (χ0v) is 16.7. The fraction of sp³-hybridized carbons (Fsp3) is 0.167. The number of rotatable bonds is 5. The molecule has 0 atom stereocenters. The molecule has 3 aromatic rings. The van der Waals surface area contributed by atoms with Crippen LogP contribution in [0.15, 0.2) is 71.0 Å². The first-order valence-electron chi connectivity index (χ1n) is 9.47. The molecule has 1 aliphatic rings. The fourth-order valence-corrected chi connectivity index (χ4v) is 3.57. The number of hydrogen-bond acceptors (Lipinski definition) is 4. The summed E-state index contributed by atoms with van der Waals surface area (Å²) in [6.45, 7) is 6.08. The van der Waals surface area contributed by atoms with Gasteiger partial charge in [-0.2, -0.15) is 0 Å². The number of nitrogens with one attached hydrogen (secondary N) is 1. The van der Waals surface area contributed by atoms with Crippen LogP contribution in [0, 0.1) is 20.8 Å². The fourth-order valence-electron chi connectivity index (χ4n) is 3.57. The third kappa shape index (κ3) is 3.72. The van der Waals surface area contributed by atoms with E-state index in [4.69, 9.17) is 4.42 Å². The van der Waals surface area contributed by atoms with Gasteiger partial charge in [-0.1, -0.05) is 35.9 Å². The van der Waals surface area contributed by atoms with E-state index in [2.05, 4.69) is 11.4 Å². The highest BCUT2D eigenvalue weighted by atomic mass is 16.3. The molecule has 5 heteroatoms. The van der Waals surface area contributed by atoms with Crippen molar-refractivity contribution in [3.8, 4) is 0 Å². The van der Waals surface area contributed by atoms with Gasteiger partial charge in [0.15, 0.2) is 0 Å². The van der Waals surface area contributed by atoms with Crippen molar-refractivity contribution >= 4 is 23.1 Å². The van der Waals surface area contributed by atoms with Crippen molar-refractivity contribution in [2.45, 2.75) is 27.3 Å². The van der Waals surface area contributed by atoms with Crippen molar-refractivity contribution in [2.75, 3.05) is 5.32 Å². The minimum atomic E-state index is -0.360. The van der Waals surface area contributed by atoms with Gasteiger partial charge in [-0.25, -0.2) is 0 Å². The molecule has 2 aromatic carbocycles. The molecule has 4 rings (SSSR count). The number of amides is 2. The van der Waals surface area contributed by atoms with Crippen LogP contribution < -0.4 is 5.32 Å². The lowest BCUT2D eigenvalue weighted by atomic mass is 10.0. The van der Waals surface area contributed by atoms with Crippen LogP contribution in [0.2, 0.25) is 0 Å². The summed E-state index contributed by atoms with van der Waals surface area (Å²) >= 11 is 0. The maximum atomic E-state index is 13.2. The maximum Gasteiger partial charge on any atom is 0.278 e. The summed E-state index contributed by atoms with van der Waals surface area (Å²) in [5, 5.41) is 3.21. The summed E-state index contributed by atoms with van der Waals surface area (Å²) in [7, 11) is 0. The molecule has 1 aliphatic heterocycles. The first-order valence-corrected chi connectivity index (χ1v) is 9.47. The minimum absolute atomic E-state index is 0.0953. The van der Waals surface area contributed by atoms with E-state index >= 15 is 0 Å². The molecule has 2 amide bonds. The van der Waals surface area contributed by atoms with Crippen molar-refractivity contribution < 1.29 is 14.0 Å². The molecule has 2 heterocycles. The van der Waals surface area contributed by atoms with Crippen molar-refractivity contribution in [1.82, 2.24) is 4.90 Å². The number of aryl methyl sites for hydroxylation is 3. The van der Waals surface area contributed by atoms with Crippen LogP contribution in [0.5, 0.6) is 0 Å². The van der Waals surface area contributed by atoms with Gasteiger partial charge in [-0.3, -0.25) is 14.5 Å². The van der Waals surface area contributed by atoms with Gasteiger partial charge < -0.3 is 9.73 Å². The molecule has 0 spiro atoms. The van der Waals surface area contributed by atoms with E-state index in [9.17, 15) is 9.59 Å². The molecule has 0 fully saturated rings. The molecule has 0 saturated heterocycles. The molecular formula is C24H22N2O3. The molecular weight excluding hydrogens is 364 g/mol. The monoisotopic (exact) mass is 386 g/mol. The molecule has 0 saturated carbocycles. The predicted molar refractivity (Wildman–Crippen MR) is 112 cm³/mol. The summed E-state index contributed by atoms with van der Waals surface area (Å²) < 4.78 is 5.35. The third-order valence-corrected chi connectivity index (χ3v) is 4.89. The van der Waals surface area contributed by atoms with Crippen LogP contribution in [0.25, 0.3) is 5.57 Å². The maximum absolute atomic E-state index is 13.2. The molecule has 0 bridgehead atoms. The molecule has 0 radical (unpaired) electrons. The zero-order chi connectivity index (χ0) is 20.5. The minimum Gasteiger partial charge on any atom is -0.467 e. The SMILES string of the molecule is Cc1ccc(C2=C(Nc3cc(C)cc(C)c3)C(=O)N(Cc3ccco3)C2=O)cc1. The van der Waals surface area contributed by atoms with Crippen LogP contribution in [-0.4, -0.2) is 16.7 Å². The van der Waals surface area contributed by atoms with Gasteiger partial charge in [0.1, 0.15) is 11.5 Å². The van der Waals surface area contributed by atoms with Gasteiger partial charge in [0.2, 0.25) is 0 Å². The number of carbonyl (C=O) groups is 2. The summed E-state index contributed by atoms with van der Waals surface area (Å²) in [5.74, 6) is -0.133. The lowest BCUT2D eigenvalue weighted by molar-refractivity contribution is -0.137. The molecule has 5 nitrogen and oxygen atoms in total. The Hall–Kier alpha value is -3.60. The Bertz CT molecular complexity index is 1090. The second-order valence-corrected chi connectivity index (χ2v) is 7.39. The van der Waals surface area contributed by atoms with E-state index in [1.165, 1.54) is 11.2 Å². The molecule has 29 heavy (non-hydrogen) atoms. The summed E-state index contributed by atoms with van der Waals surface area (Å²) in [6.07, 6.45) is 1.53. The molecule has 146 valence electrons. The Balaban J connectivity index is 1.77. The smallest absolute Gasteiger partial charge is 0.278 e. The topological polar surface area (TPSA) is 62.6 Å². The molecule has 1 N–H and O–H groups in total. The third-order valence-electron chi connectivity index (χ3n) is 4.89. The van der Waals surface area contributed by atoms with Gasteiger partial charge in [-0.05, 0) is 61.7 Å². The highest BCUT2D eigenvalue weighted by molar-refractivity contribution is 6.36. The number of carbonyl (C=O) groups excluding carboxylic acids is 2. The largest absolute Gasteiger partial charge is 0.467 e. The summed E-state index contributed by atoms with van der Waals surface area (Å²) in [6, 6.07) is 17.1. The average molecular weight is 386 g/mol. The van der Waals surface area contributed by atoms with E-state index in [0.717, 1.165) is 22.4 Å². The van der Waals surface area contributed by atoms with Crippen molar-refractivity contribution in [3.63, 3.8) is 0 Å². The Kier molecular flexibility index (Phi) is 4.80. The van der Waals surface area contributed by atoms with Crippen LogP contribution in [-0.2, 0) is 16.1 Å². The highest BCUT2D eigenvalue weighted by Crippen LogP contribution is 2.32. The van der Waals surface area contributed by atoms with E-state index in [1.807, 2.05) is 57.2 Å². The van der Waals surface area contributed by atoms with Crippen LogP contribution in [0.4, 0.5) is 5.69 Å². The number of anilines is 1. The van der Waals surface area contributed by atoms with E-state index in [0.29, 0.717) is 16.9 Å². The quantitative estimate of drug-likeness (QED) is 0.651. The van der Waals surface area contributed by atoms with Gasteiger partial charge in [0.05, 0.1) is 18.4 Å². The number of furan rings is 1. The standard InChI is InChI=1S/C24H22N2O3/c1-15-6-8-18(9-7-15)21-22(25-19-12-16(2)11-17(3)13-19)24(28)26(23(21)27)14-20-5-4-10-29-20/h4-13,25H,14H2,1-3H3. The van der Waals surface area contributed by atoms with Crippen molar-refractivity contribution in [1.29, 1.82) is 0 Å². The van der Waals surface area contributed by atoms with Crippen molar-refractivity contribution in [3.05, 3.63) is 94.6 Å². The molecule has 0 aliphatic carbocycles. The van der Waals surface area contributed by atoms with Crippen LogP contribution >= 0.6 is 0 Å². The number of hydrogen-bond donors (Lipinski definition) is 1. The average Bonchev–Trinajstić information content (AvgIpc) is 3.25. The summed E-state index contributed by atoms with van der Waals surface area (Å²) in [4.78, 5) is 27.7. The lowest BCUT2D eigenvalue weighted by Gasteiger charge is -2.14. The normalized spacial score (nSPS) is 14.1. The Labute approximate surface area is 169 Å². The number of nitrogens with zero attached hydrogens (tertiary/aromatic N) is 1. The summed E-state index contributed by atoms with van der Waals surface area (Å²) in [5.41, 5.74) is 5.40. The first kappa shape index (κ1) is 18.7. The van der Waals surface area contributed by atoms with E-state index < -0.39 is 0 Å². The Morgan fingerprint density at radius 1 is 0.862 bits per heavy atom. The molecule has 0 unspecified atom stereocenters. The van der Waals surface area contributed by atoms with E-state index in [-0.39, 0.29) is 24.1 Å². The van der Waals surface area contributed by atoms with Crippen LogP contribution in [0.1, 0.15) is 28.0 Å². The van der Waals surface area contributed by atoms with E-state index in [1.54, 1.807) is 12.1 Å². The van der Waals surface area contributed by atoms with Crippen LogP contribution in [0.3, 0.4) is 0 Å². The second-order valence-electron chi connectivity index (χ2n) is 7.39. The molecule has 1 aromatic heterocycles. The van der Waals surface area contributed by atoms with Gasteiger partial charge >= 0.3 is 0 Å². The Morgan fingerprint density at radius 3 is 2.17 bits per heavy atom. The van der Waals surface area contributed by atoms with Crippen molar-refractivity contribution in [2.24, 2.45) is 0 Å². The van der Waals surface area contributed by atoms with Gasteiger partial charge in [0.25, 0.3) is 11.8 Å².